The maximum absolute atomic E-state index is 12.5. The molecule has 2 aromatic carbocycles. The van der Waals surface area contributed by atoms with E-state index in [2.05, 4.69) is 5.32 Å². The lowest BCUT2D eigenvalue weighted by molar-refractivity contribution is -0.384. The summed E-state index contributed by atoms with van der Waals surface area (Å²) in [6.07, 6.45) is 0.00823. The number of carbonyl (C=O) groups excluding carboxylic acids is 2. The van der Waals surface area contributed by atoms with Crippen molar-refractivity contribution < 1.29 is 24.0 Å². The zero-order chi connectivity index (χ0) is 20.5. The Morgan fingerprint density at radius 3 is 2.50 bits per heavy atom. The third-order valence-electron chi connectivity index (χ3n) is 4.02. The molecule has 1 amide bonds. The first-order valence-electron chi connectivity index (χ1n) is 8.75. The number of ether oxygens (including phenoxy) is 2. The summed E-state index contributed by atoms with van der Waals surface area (Å²) in [7, 11) is 1.53. The van der Waals surface area contributed by atoms with Crippen molar-refractivity contribution in [2.24, 2.45) is 0 Å². The topological polar surface area (TPSA) is 108 Å². The summed E-state index contributed by atoms with van der Waals surface area (Å²) in [5, 5.41) is 13.5. The number of carbonyl (C=O) groups is 2. The Labute approximate surface area is 162 Å². The SMILES string of the molecule is CCOC(=O)CC(NC(=O)Cc1ccc([N+](=O)[O-])cc1)c1cccc(OC)c1. The molecule has 0 spiro atoms. The maximum atomic E-state index is 12.5. The number of nitro groups is 1. The molecule has 1 unspecified atom stereocenters. The van der Waals surface area contributed by atoms with Gasteiger partial charge in [-0.2, -0.15) is 0 Å². The fourth-order valence-corrected chi connectivity index (χ4v) is 2.66. The fourth-order valence-electron chi connectivity index (χ4n) is 2.66. The van der Waals surface area contributed by atoms with E-state index in [1.807, 2.05) is 0 Å². The molecule has 0 aromatic heterocycles. The Hall–Kier alpha value is -3.42. The predicted molar refractivity (Wildman–Crippen MR) is 102 cm³/mol. The van der Waals surface area contributed by atoms with E-state index in [0.29, 0.717) is 16.9 Å². The summed E-state index contributed by atoms with van der Waals surface area (Å²) in [4.78, 5) is 34.7. The Morgan fingerprint density at radius 1 is 1.18 bits per heavy atom. The molecular formula is C20H22N2O6. The van der Waals surface area contributed by atoms with Crippen LogP contribution >= 0.6 is 0 Å². The van der Waals surface area contributed by atoms with Crippen LogP contribution in [0.2, 0.25) is 0 Å². The molecule has 8 nitrogen and oxygen atoms in total. The van der Waals surface area contributed by atoms with Crippen molar-refractivity contribution in [1.29, 1.82) is 0 Å². The third-order valence-corrected chi connectivity index (χ3v) is 4.02. The number of nitro benzene ring substituents is 1. The van der Waals surface area contributed by atoms with E-state index in [4.69, 9.17) is 9.47 Å². The molecule has 148 valence electrons. The van der Waals surface area contributed by atoms with Crippen molar-refractivity contribution in [3.05, 3.63) is 69.8 Å². The van der Waals surface area contributed by atoms with Gasteiger partial charge in [-0.3, -0.25) is 19.7 Å². The van der Waals surface area contributed by atoms with Crippen molar-refractivity contribution in [1.82, 2.24) is 5.32 Å². The van der Waals surface area contributed by atoms with Gasteiger partial charge in [-0.1, -0.05) is 24.3 Å². The Kier molecular flexibility index (Phi) is 7.50. The van der Waals surface area contributed by atoms with Gasteiger partial charge in [0.15, 0.2) is 0 Å². The van der Waals surface area contributed by atoms with Crippen molar-refractivity contribution in [3.8, 4) is 5.75 Å². The Bertz CT molecular complexity index is 835. The van der Waals surface area contributed by atoms with Crippen LogP contribution in [0.1, 0.15) is 30.5 Å². The van der Waals surface area contributed by atoms with Gasteiger partial charge in [-0.05, 0) is 30.2 Å². The molecule has 0 fully saturated rings. The predicted octanol–water partition coefficient (Wildman–Crippen LogP) is 2.96. The van der Waals surface area contributed by atoms with Gasteiger partial charge in [0.1, 0.15) is 5.75 Å². The number of methoxy groups -OCH3 is 1. The van der Waals surface area contributed by atoms with E-state index >= 15 is 0 Å². The molecule has 8 heteroatoms. The van der Waals surface area contributed by atoms with Crippen LogP contribution in [-0.4, -0.2) is 30.5 Å². The fraction of sp³-hybridized carbons (Fsp3) is 0.300. The lowest BCUT2D eigenvalue weighted by Gasteiger charge is -2.19. The third kappa shape index (κ3) is 6.08. The standard InChI is InChI=1S/C20H22N2O6/c1-3-28-20(24)13-18(15-5-4-6-17(12-15)27-2)21-19(23)11-14-7-9-16(10-8-14)22(25)26/h4-10,12,18H,3,11,13H2,1-2H3,(H,21,23). The average Bonchev–Trinajstić information content (AvgIpc) is 2.68. The number of rotatable bonds is 9. The second-order valence-corrected chi connectivity index (χ2v) is 6.01. The Morgan fingerprint density at radius 2 is 1.89 bits per heavy atom. The number of benzene rings is 2. The summed E-state index contributed by atoms with van der Waals surface area (Å²) in [5.41, 5.74) is 1.30. The van der Waals surface area contributed by atoms with Gasteiger partial charge in [-0.15, -0.1) is 0 Å². The minimum absolute atomic E-state index is 0.0208. The molecule has 2 aromatic rings. The number of nitrogens with one attached hydrogen (secondary N) is 1. The molecule has 2 rings (SSSR count). The van der Waals surface area contributed by atoms with Gasteiger partial charge >= 0.3 is 5.97 Å². The summed E-state index contributed by atoms with van der Waals surface area (Å²) in [6.45, 7) is 1.96. The summed E-state index contributed by atoms with van der Waals surface area (Å²) < 4.78 is 10.2. The second-order valence-electron chi connectivity index (χ2n) is 6.01. The van der Waals surface area contributed by atoms with Crippen molar-refractivity contribution in [3.63, 3.8) is 0 Å². The molecule has 0 aliphatic rings. The van der Waals surface area contributed by atoms with Gasteiger partial charge in [-0.25, -0.2) is 0 Å². The molecule has 0 aliphatic heterocycles. The molecule has 0 bridgehead atoms. The molecule has 1 atom stereocenters. The maximum Gasteiger partial charge on any atom is 0.308 e. The zero-order valence-corrected chi connectivity index (χ0v) is 15.7. The molecule has 0 heterocycles. The zero-order valence-electron chi connectivity index (χ0n) is 15.7. The smallest absolute Gasteiger partial charge is 0.308 e. The molecule has 28 heavy (non-hydrogen) atoms. The molecule has 0 aliphatic carbocycles. The molecule has 1 N–H and O–H groups in total. The molecule has 0 saturated carbocycles. The molecular weight excluding hydrogens is 364 g/mol. The van der Waals surface area contributed by atoms with Gasteiger partial charge in [0.2, 0.25) is 5.91 Å². The van der Waals surface area contributed by atoms with Crippen LogP contribution in [0.25, 0.3) is 0 Å². The molecule has 0 saturated heterocycles. The number of hydrogen-bond donors (Lipinski definition) is 1. The minimum atomic E-state index is -0.584. The van der Waals surface area contributed by atoms with Crippen LogP contribution in [-0.2, 0) is 20.7 Å². The first-order chi connectivity index (χ1) is 13.4. The highest BCUT2D eigenvalue weighted by atomic mass is 16.6. The number of nitrogens with zero attached hydrogens (tertiary/aromatic N) is 1. The normalized spacial score (nSPS) is 11.4. The van der Waals surface area contributed by atoms with Crippen LogP contribution in [0, 0.1) is 10.1 Å². The van der Waals surface area contributed by atoms with Gasteiger partial charge < -0.3 is 14.8 Å². The monoisotopic (exact) mass is 386 g/mol. The summed E-state index contributed by atoms with van der Waals surface area (Å²) in [6, 6.07) is 12.3. The second kappa shape index (κ2) is 10.1. The number of esters is 1. The number of amides is 1. The van der Waals surface area contributed by atoms with Gasteiger partial charge in [0, 0.05) is 12.1 Å². The highest BCUT2D eigenvalue weighted by Crippen LogP contribution is 2.22. The largest absolute Gasteiger partial charge is 0.497 e. The number of non-ortho nitro benzene ring substituents is 1. The first-order valence-corrected chi connectivity index (χ1v) is 8.75. The summed E-state index contributed by atoms with van der Waals surface area (Å²) >= 11 is 0. The van der Waals surface area contributed by atoms with Crippen molar-refractivity contribution in [2.75, 3.05) is 13.7 Å². The minimum Gasteiger partial charge on any atom is -0.497 e. The first kappa shape index (κ1) is 20.9. The Balaban J connectivity index is 2.12. The number of hydrogen-bond acceptors (Lipinski definition) is 6. The highest BCUT2D eigenvalue weighted by Gasteiger charge is 2.20. The van der Waals surface area contributed by atoms with Gasteiger partial charge in [0.05, 0.1) is 37.5 Å². The van der Waals surface area contributed by atoms with E-state index in [1.165, 1.54) is 31.4 Å². The van der Waals surface area contributed by atoms with Crippen LogP contribution in [0.5, 0.6) is 5.75 Å². The van der Waals surface area contributed by atoms with Crippen LogP contribution < -0.4 is 10.1 Å². The lowest BCUT2D eigenvalue weighted by atomic mass is 10.0. The van der Waals surface area contributed by atoms with Crippen LogP contribution in [0.3, 0.4) is 0 Å². The van der Waals surface area contributed by atoms with Crippen molar-refractivity contribution in [2.45, 2.75) is 25.8 Å². The van der Waals surface area contributed by atoms with Crippen LogP contribution in [0.4, 0.5) is 5.69 Å². The average molecular weight is 386 g/mol. The van der Waals surface area contributed by atoms with E-state index < -0.39 is 16.9 Å². The van der Waals surface area contributed by atoms with E-state index in [-0.39, 0.29) is 31.0 Å². The quantitative estimate of drug-likeness (QED) is 0.403. The summed E-state index contributed by atoms with van der Waals surface area (Å²) in [5.74, 6) is -0.132. The van der Waals surface area contributed by atoms with E-state index in [0.717, 1.165) is 0 Å². The molecule has 0 radical (unpaired) electrons. The lowest BCUT2D eigenvalue weighted by Crippen LogP contribution is -2.31. The van der Waals surface area contributed by atoms with Crippen molar-refractivity contribution >= 4 is 17.6 Å². The van der Waals surface area contributed by atoms with Gasteiger partial charge in [0.25, 0.3) is 5.69 Å². The van der Waals surface area contributed by atoms with Crippen LogP contribution in [0.15, 0.2) is 48.5 Å². The van der Waals surface area contributed by atoms with E-state index in [9.17, 15) is 19.7 Å². The van der Waals surface area contributed by atoms with E-state index in [1.54, 1.807) is 31.2 Å². The highest BCUT2D eigenvalue weighted by molar-refractivity contribution is 5.80.